The fraction of sp³-hybridized carbons (Fsp3) is 0.292. The predicted octanol–water partition coefficient (Wildman–Crippen LogP) is 2.41. The Kier molecular flexibility index (Phi) is 6.86. The number of carbonyl (C=O) groups is 3. The Morgan fingerprint density at radius 3 is 2.38 bits per heavy atom. The average Bonchev–Trinajstić information content (AvgIpc) is 3.40. The zero-order chi connectivity index (χ0) is 24.1. The van der Waals surface area contributed by atoms with Gasteiger partial charge in [-0.2, -0.15) is 0 Å². The molecule has 0 spiro atoms. The smallest absolute Gasteiger partial charge is 0.407 e. The highest BCUT2D eigenvalue weighted by Gasteiger charge is 2.29. The van der Waals surface area contributed by atoms with Crippen molar-refractivity contribution in [1.82, 2.24) is 25.6 Å². The van der Waals surface area contributed by atoms with Gasteiger partial charge in [0.15, 0.2) is 5.69 Å². The number of carboxylic acids is 1. The zero-order valence-corrected chi connectivity index (χ0v) is 18.6. The largest absolute Gasteiger partial charge is 0.481 e. The number of hydrogen-bond donors (Lipinski definition) is 3. The molecule has 1 heterocycles. The van der Waals surface area contributed by atoms with Gasteiger partial charge in [-0.1, -0.05) is 53.7 Å². The standard InChI is InChI=1S/C24H25N5O5/c1-15(12-22(30)31)26-23(32)21-13-29(28-27-21)11-10-25-24(33)34-14-20-18-8-4-2-6-16(18)17-7-3-5-9-19(17)20/h2-9,13,15,20H,10-12,14H2,1H3,(H,25,33)(H,26,32)(H,30,31)/t15-/m0/s1. The number of aromatic nitrogens is 3. The van der Waals surface area contributed by atoms with E-state index in [0.717, 1.165) is 22.3 Å². The number of carboxylic acid groups (broad SMARTS) is 1. The number of benzene rings is 2. The summed E-state index contributed by atoms with van der Waals surface area (Å²) in [6, 6.07) is 15.7. The zero-order valence-electron chi connectivity index (χ0n) is 18.6. The van der Waals surface area contributed by atoms with Gasteiger partial charge in [-0.05, 0) is 29.2 Å². The van der Waals surface area contributed by atoms with Crippen LogP contribution in [0, 0.1) is 0 Å². The summed E-state index contributed by atoms with van der Waals surface area (Å²) < 4.78 is 6.91. The van der Waals surface area contributed by atoms with E-state index in [0.29, 0.717) is 0 Å². The summed E-state index contributed by atoms with van der Waals surface area (Å²) in [6.07, 6.45) is 0.703. The van der Waals surface area contributed by atoms with Crippen molar-refractivity contribution in [2.75, 3.05) is 13.2 Å². The molecule has 1 aromatic heterocycles. The average molecular weight is 463 g/mol. The first kappa shape index (κ1) is 23.0. The number of carbonyl (C=O) groups excluding carboxylic acids is 2. The predicted molar refractivity (Wildman–Crippen MR) is 122 cm³/mol. The second-order valence-corrected chi connectivity index (χ2v) is 8.09. The van der Waals surface area contributed by atoms with E-state index in [9.17, 15) is 14.4 Å². The topological polar surface area (TPSA) is 135 Å². The van der Waals surface area contributed by atoms with Gasteiger partial charge in [-0.15, -0.1) is 5.10 Å². The van der Waals surface area contributed by atoms with Crippen LogP contribution >= 0.6 is 0 Å². The van der Waals surface area contributed by atoms with Crippen LogP contribution in [0.15, 0.2) is 54.7 Å². The maximum Gasteiger partial charge on any atom is 0.407 e. The number of nitrogens with one attached hydrogen (secondary N) is 2. The van der Waals surface area contributed by atoms with Gasteiger partial charge in [0.1, 0.15) is 6.61 Å². The quantitative estimate of drug-likeness (QED) is 0.443. The number of ether oxygens (including phenoxy) is 1. The lowest BCUT2D eigenvalue weighted by Crippen LogP contribution is -2.34. The minimum Gasteiger partial charge on any atom is -0.481 e. The Morgan fingerprint density at radius 1 is 1.09 bits per heavy atom. The van der Waals surface area contributed by atoms with E-state index in [1.807, 2.05) is 24.3 Å². The van der Waals surface area contributed by atoms with E-state index in [2.05, 4.69) is 45.2 Å². The Morgan fingerprint density at radius 2 is 1.74 bits per heavy atom. The summed E-state index contributed by atoms with van der Waals surface area (Å²) in [5, 5.41) is 21.6. The van der Waals surface area contributed by atoms with Crippen molar-refractivity contribution in [1.29, 1.82) is 0 Å². The van der Waals surface area contributed by atoms with Crippen LogP contribution in [0.4, 0.5) is 4.79 Å². The van der Waals surface area contributed by atoms with Crippen LogP contribution in [0.1, 0.15) is 40.9 Å². The molecule has 34 heavy (non-hydrogen) atoms. The molecular weight excluding hydrogens is 438 g/mol. The molecule has 2 amide bonds. The molecule has 10 heteroatoms. The van der Waals surface area contributed by atoms with Gasteiger partial charge in [0, 0.05) is 18.5 Å². The first-order valence-electron chi connectivity index (χ1n) is 10.9. The molecule has 0 saturated heterocycles. The molecule has 0 unspecified atom stereocenters. The van der Waals surface area contributed by atoms with E-state index in [1.165, 1.54) is 10.9 Å². The van der Waals surface area contributed by atoms with Crippen LogP contribution in [-0.4, -0.2) is 57.3 Å². The van der Waals surface area contributed by atoms with Crippen LogP contribution in [0.25, 0.3) is 11.1 Å². The van der Waals surface area contributed by atoms with Gasteiger partial charge in [-0.25, -0.2) is 9.48 Å². The molecule has 1 aliphatic rings. The second-order valence-electron chi connectivity index (χ2n) is 8.09. The highest BCUT2D eigenvalue weighted by molar-refractivity contribution is 5.92. The number of aliphatic carboxylic acids is 1. The van der Waals surface area contributed by atoms with Crippen molar-refractivity contribution in [3.05, 3.63) is 71.5 Å². The molecule has 1 aliphatic carbocycles. The van der Waals surface area contributed by atoms with E-state index >= 15 is 0 Å². The second kappa shape index (κ2) is 10.2. The van der Waals surface area contributed by atoms with Crippen LogP contribution < -0.4 is 10.6 Å². The van der Waals surface area contributed by atoms with Gasteiger partial charge in [0.25, 0.3) is 5.91 Å². The molecule has 0 aliphatic heterocycles. The van der Waals surface area contributed by atoms with E-state index in [1.54, 1.807) is 6.92 Å². The Labute approximate surface area is 195 Å². The number of rotatable bonds is 9. The third-order valence-electron chi connectivity index (χ3n) is 5.58. The van der Waals surface area contributed by atoms with Crippen molar-refractivity contribution < 1.29 is 24.2 Å². The first-order chi connectivity index (χ1) is 16.4. The maximum atomic E-state index is 12.2. The van der Waals surface area contributed by atoms with E-state index in [4.69, 9.17) is 9.84 Å². The van der Waals surface area contributed by atoms with Gasteiger partial charge in [0.2, 0.25) is 0 Å². The Hall–Kier alpha value is -4.21. The van der Waals surface area contributed by atoms with Crippen molar-refractivity contribution in [2.45, 2.75) is 31.8 Å². The molecule has 0 radical (unpaired) electrons. The third-order valence-corrected chi connectivity index (χ3v) is 5.58. The number of hydrogen-bond acceptors (Lipinski definition) is 6. The fourth-order valence-electron chi connectivity index (χ4n) is 4.04. The Balaban J connectivity index is 1.24. The van der Waals surface area contributed by atoms with Crippen LogP contribution in [0.3, 0.4) is 0 Å². The van der Waals surface area contributed by atoms with Crippen molar-refractivity contribution in [2.24, 2.45) is 0 Å². The molecular formula is C24H25N5O5. The fourth-order valence-corrected chi connectivity index (χ4v) is 4.04. The van der Waals surface area contributed by atoms with Gasteiger partial charge in [0.05, 0.1) is 19.2 Å². The third kappa shape index (κ3) is 5.22. The summed E-state index contributed by atoms with van der Waals surface area (Å²) >= 11 is 0. The molecule has 4 rings (SSSR count). The minimum atomic E-state index is -1.00. The van der Waals surface area contributed by atoms with E-state index in [-0.39, 0.29) is 37.7 Å². The number of fused-ring (bicyclic) bond motifs is 3. The number of nitrogens with zero attached hydrogens (tertiary/aromatic N) is 3. The molecule has 176 valence electrons. The molecule has 3 N–H and O–H groups in total. The lowest BCUT2D eigenvalue weighted by atomic mass is 9.98. The molecule has 0 bridgehead atoms. The van der Waals surface area contributed by atoms with Crippen LogP contribution in [0.2, 0.25) is 0 Å². The maximum absolute atomic E-state index is 12.2. The van der Waals surface area contributed by atoms with Crippen molar-refractivity contribution >= 4 is 18.0 Å². The van der Waals surface area contributed by atoms with Crippen molar-refractivity contribution in [3.63, 3.8) is 0 Å². The minimum absolute atomic E-state index is 0.0157. The lowest BCUT2D eigenvalue weighted by Gasteiger charge is -2.14. The molecule has 10 nitrogen and oxygen atoms in total. The van der Waals surface area contributed by atoms with Gasteiger partial charge in [-0.3, -0.25) is 9.59 Å². The van der Waals surface area contributed by atoms with Crippen LogP contribution in [0.5, 0.6) is 0 Å². The lowest BCUT2D eigenvalue weighted by molar-refractivity contribution is -0.137. The monoisotopic (exact) mass is 463 g/mol. The van der Waals surface area contributed by atoms with Crippen molar-refractivity contribution in [3.8, 4) is 11.1 Å². The van der Waals surface area contributed by atoms with Gasteiger partial charge < -0.3 is 20.5 Å². The molecule has 2 aromatic carbocycles. The molecule has 0 fully saturated rings. The molecule has 3 aromatic rings. The Bertz CT molecular complexity index is 1160. The summed E-state index contributed by atoms with van der Waals surface area (Å²) in [7, 11) is 0. The van der Waals surface area contributed by atoms with Gasteiger partial charge >= 0.3 is 12.1 Å². The summed E-state index contributed by atoms with van der Waals surface area (Å²) in [5.74, 6) is -1.53. The molecule has 1 atom stereocenters. The first-order valence-corrected chi connectivity index (χ1v) is 10.9. The van der Waals surface area contributed by atoms with Crippen LogP contribution in [-0.2, 0) is 16.1 Å². The molecule has 0 saturated carbocycles. The number of amides is 2. The SMILES string of the molecule is C[C@@H](CC(=O)O)NC(=O)c1cn(CCNC(=O)OCC2c3ccccc3-c3ccccc32)nn1. The summed E-state index contributed by atoms with van der Waals surface area (Å²) in [5.41, 5.74) is 4.68. The highest BCUT2D eigenvalue weighted by Crippen LogP contribution is 2.44. The summed E-state index contributed by atoms with van der Waals surface area (Å²) in [6.45, 7) is 2.34. The highest BCUT2D eigenvalue weighted by atomic mass is 16.5. The van der Waals surface area contributed by atoms with E-state index < -0.39 is 24.0 Å². The normalized spacial score (nSPS) is 13.0. The summed E-state index contributed by atoms with van der Waals surface area (Å²) in [4.78, 5) is 35.1. The number of alkyl carbamates (subject to hydrolysis) is 1.